The molecular weight excluding hydrogens is 1190 g/mol. The predicted molar refractivity (Wildman–Crippen MR) is 403 cm³/mol. The number of rotatable bonds is 10. The molecule has 98 heavy (non-hydrogen) atoms. The minimum absolute atomic E-state index is 0.765. The maximum Gasteiger partial charge on any atom is 0.0978 e. The molecule has 0 aliphatic heterocycles. The highest BCUT2D eigenvalue weighted by atomic mass is 14.8. The Balaban J connectivity index is 0.827. The number of hydrogen-bond donors (Lipinski definition) is 0. The summed E-state index contributed by atoms with van der Waals surface area (Å²) in [5, 5.41) is 13.4. The van der Waals surface area contributed by atoms with Crippen LogP contribution in [0.15, 0.2) is 329 Å². The molecule has 0 fully saturated rings. The quantitative estimate of drug-likeness (QED) is 0.125. The Kier molecular flexibility index (Phi) is 13.4. The summed E-state index contributed by atoms with van der Waals surface area (Å²) in [6, 6.07) is 99.4. The first-order chi connectivity index (χ1) is 48.6. The second-order valence-corrected chi connectivity index (χ2v) is 25.0. The summed E-state index contributed by atoms with van der Waals surface area (Å²) in [6.45, 7) is 0. The summed E-state index contributed by atoms with van der Waals surface area (Å²) in [4.78, 5) is 41.8. The topological polar surface area (TPSA) is 103 Å². The first-order valence-corrected chi connectivity index (χ1v) is 32.9. The van der Waals surface area contributed by atoms with E-state index in [1.807, 2.05) is 73.8 Å². The van der Waals surface area contributed by atoms with E-state index in [2.05, 4.69) is 275 Å². The van der Waals surface area contributed by atoms with Crippen LogP contribution in [-0.2, 0) is 0 Å². The van der Waals surface area contributed by atoms with E-state index in [9.17, 15) is 0 Å². The van der Waals surface area contributed by atoms with Gasteiger partial charge in [0.1, 0.15) is 0 Å². The highest BCUT2D eigenvalue weighted by molar-refractivity contribution is 6.19. The van der Waals surface area contributed by atoms with E-state index in [1.54, 1.807) is 0 Å². The van der Waals surface area contributed by atoms with Crippen molar-refractivity contribution in [2.75, 3.05) is 0 Å². The monoisotopic (exact) mass is 1250 g/mol. The van der Waals surface area contributed by atoms with Crippen LogP contribution in [0.25, 0.3) is 198 Å². The summed E-state index contributed by atoms with van der Waals surface area (Å²) < 4.78 is 0. The Hall–Kier alpha value is -13.3. The van der Waals surface area contributed by atoms with Crippen LogP contribution >= 0.6 is 0 Å². The highest BCUT2D eigenvalue weighted by Crippen LogP contribution is 2.47. The van der Waals surface area contributed by atoms with E-state index in [1.165, 1.54) is 43.1 Å². The van der Waals surface area contributed by atoms with Gasteiger partial charge in [0.25, 0.3) is 0 Å². The summed E-state index contributed by atoms with van der Waals surface area (Å²) >= 11 is 0. The van der Waals surface area contributed by atoms with Crippen LogP contribution in [0, 0.1) is 0 Å². The third-order valence-electron chi connectivity index (χ3n) is 19.4. The van der Waals surface area contributed by atoms with Crippen molar-refractivity contribution in [3.8, 4) is 112 Å². The lowest BCUT2D eigenvalue weighted by Gasteiger charge is -2.18. The molecule has 0 atom stereocenters. The zero-order valence-corrected chi connectivity index (χ0v) is 52.8. The molecule has 8 nitrogen and oxygen atoms in total. The molecule has 11 aromatic carbocycles. The molecule has 0 saturated heterocycles. The van der Waals surface area contributed by atoms with Crippen LogP contribution in [0.4, 0.5) is 0 Å². The maximum atomic E-state index is 5.79. The Morgan fingerprint density at radius 3 is 0.816 bits per heavy atom. The van der Waals surface area contributed by atoms with Crippen LogP contribution in [0.3, 0.4) is 0 Å². The molecular formula is C90H54N8. The number of hydrogen-bond acceptors (Lipinski definition) is 8. The van der Waals surface area contributed by atoms with E-state index in [0.29, 0.717) is 0 Å². The van der Waals surface area contributed by atoms with Crippen molar-refractivity contribution in [2.45, 2.75) is 0 Å². The van der Waals surface area contributed by atoms with Crippen molar-refractivity contribution in [1.82, 2.24) is 39.9 Å². The van der Waals surface area contributed by atoms with Gasteiger partial charge in [0.15, 0.2) is 0 Å². The van der Waals surface area contributed by atoms with Crippen LogP contribution in [0.1, 0.15) is 0 Å². The van der Waals surface area contributed by atoms with Gasteiger partial charge < -0.3 is 0 Å². The molecule has 0 N–H and O–H groups in total. The van der Waals surface area contributed by atoms with E-state index in [4.69, 9.17) is 19.9 Å². The molecule has 0 spiro atoms. The third kappa shape index (κ3) is 9.53. The fraction of sp³-hybridized carbons (Fsp3) is 0. The molecule has 0 bridgehead atoms. The molecule has 0 saturated carbocycles. The number of aromatic nitrogens is 8. The van der Waals surface area contributed by atoms with E-state index in [-0.39, 0.29) is 0 Å². The summed E-state index contributed by atoms with van der Waals surface area (Å²) in [5.41, 5.74) is 22.4. The minimum Gasteiger partial charge on any atom is -0.264 e. The lowest BCUT2D eigenvalue weighted by atomic mass is 9.89. The Morgan fingerprint density at radius 1 is 0.163 bits per heavy atom. The van der Waals surface area contributed by atoms with Crippen molar-refractivity contribution < 1.29 is 0 Å². The average molecular weight is 1250 g/mol. The number of benzene rings is 11. The largest absolute Gasteiger partial charge is 0.264 e. The van der Waals surface area contributed by atoms with Gasteiger partial charge in [-0.3, -0.25) is 19.9 Å². The van der Waals surface area contributed by atoms with Gasteiger partial charge >= 0.3 is 0 Å². The van der Waals surface area contributed by atoms with Crippen LogP contribution in [-0.4, -0.2) is 39.9 Å². The van der Waals surface area contributed by atoms with Gasteiger partial charge in [-0.25, -0.2) is 19.9 Å². The molecule has 0 radical (unpaired) electrons. The van der Waals surface area contributed by atoms with Gasteiger partial charge in [0.2, 0.25) is 0 Å². The number of pyridine rings is 8. The molecule has 0 aliphatic carbocycles. The predicted octanol–water partition coefficient (Wildman–Crippen LogP) is 22.7. The van der Waals surface area contributed by atoms with Crippen LogP contribution in [0.5, 0.6) is 0 Å². The second kappa shape index (κ2) is 23.3. The average Bonchev–Trinajstić information content (AvgIpc) is 1.11. The van der Waals surface area contributed by atoms with Crippen molar-refractivity contribution in [1.29, 1.82) is 0 Å². The molecule has 8 aromatic heterocycles. The smallest absolute Gasteiger partial charge is 0.0978 e. The molecule has 0 amide bonds. The first kappa shape index (κ1) is 56.3. The van der Waals surface area contributed by atoms with Crippen LogP contribution < -0.4 is 0 Å². The second-order valence-electron chi connectivity index (χ2n) is 25.0. The van der Waals surface area contributed by atoms with Gasteiger partial charge in [-0.05, 0) is 154 Å². The molecule has 8 heterocycles. The fourth-order valence-corrected chi connectivity index (χ4v) is 14.8. The summed E-state index contributed by atoms with van der Waals surface area (Å²) in [5.74, 6) is 0. The van der Waals surface area contributed by atoms with Crippen LogP contribution in [0.2, 0.25) is 0 Å². The zero-order valence-electron chi connectivity index (χ0n) is 52.8. The van der Waals surface area contributed by atoms with Crippen molar-refractivity contribution in [3.05, 3.63) is 329 Å². The highest BCUT2D eigenvalue weighted by Gasteiger charge is 2.24. The van der Waals surface area contributed by atoms with Crippen molar-refractivity contribution in [2.24, 2.45) is 0 Å². The zero-order chi connectivity index (χ0) is 64.6. The SMILES string of the molecule is c1cc(-c2cc(-c3cccnc3)c3ccc4c(-c5cccnc5)cc(-c5ccccc5-c5cc6ccccc6c6ccccc56)nc4c3n2)cc(-c2cc(-c3cccnc3)c3ccc4c(-c5cccnc5)cc(-c5ccccc5-c5cc6ccccc6c6ccccc56)nc4c3n2)c1. The molecule has 8 heteroatoms. The molecule has 19 aromatic rings. The van der Waals surface area contributed by atoms with Crippen molar-refractivity contribution >= 4 is 86.7 Å². The Bertz CT molecular complexity index is 6030. The molecule has 454 valence electrons. The van der Waals surface area contributed by atoms with Gasteiger partial charge in [-0.2, -0.15) is 0 Å². The van der Waals surface area contributed by atoms with E-state index >= 15 is 0 Å². The van der Waals surface area contributed by atoms with Gasteiger partial charge in [0, 0.05) is 116 Å². The third-order valence-corrected chi connectivity index (χ3v) is 19.4. The normalized spacial score (nSPS) is 11.7. The lowest BCUT2D eigenvalue weighted by Crippen LogP contribution is -1.97. The lowest BCUT2D eigenvalue weighted by molar-refractivity contribution is 1.32. The Labute approximate surface area is 563 Å². The van der Waals surface area contributed by atoms with Gasteiger partial charge in [-0.1, -0.05) is 212 Å². The summed E-state index contributed by atoms with van der Waals surface area (Å²) in [6.07, 6.45) is 15.0. The first-order valence-electron chi connectivity index (χ1n) is 32.9. The Morgan fingerprint density at radius 2 is 0.459 bits per heavy atom. The molecule has 0 unspecified atom stereocenters. The summed E-state index contributed by atoms with van der Waals surface area (Å²) in [7, 11) is 0. The van der Waals surface area contributed by atoms with Gasteiger partial charge in [0.05, 0.1) is 44.8 Å². The molecule has 19 rings (SSSR count). The molecule has 0 aliphatic rings. The maximum absolute atomic E-state index is 5.79. The standard InChI is InChI=1S/C90H54N8/c1-3-26-63-55(18-1)45-81(67-30-7-5-28-65(63)67)69-32-9-11-34-71(69)85-49-79(61-24-16-42-93-53-61)75-38-36-73-77(59-22-14-40-91-51-59)47-83(95-87(73)89(75)97-85)57-20-13-21-58(44-57)84-48-78(60-23-15-41-92-52-60)74-37-39-76-80(62-25-17-43-94-54-62)50-86(98-90(76)88(74)96-84)72-35-12-10-33-70(72)82-46-56-19-2-4-27-64(56)66-29-6-8-31-68(66)82/h1-54H. The fourth-order valence-electron chi connectivity index (χ4n) is 14.8. The number of nitrogens with zero attached hydrogens (tertiary/aromatic N) is 8. The van der Waals surface area contributed by atoms with E-state index in [0.717, 1.165) is 155 Å². The van der Waals surface area contributed by atoms with E-state index < -0.39 is 0 Å². The van der Waals surface area contributed by atoms with Crippen molar-refractivity contribution in [3.63, 3.8) is 0 Å². The number of fused-ring (bicyclic) bond motifs is 12. The minimum atomic E-state index is 0.765. The van der Waals surface area contributed by atoms with Gasteiger partial charge in [-0.15, -0.1) is 0 Å².